The van der Waals surface area contributed by atoms with Crippen LogP contribution in [-0.4, -0.2) is 47.2 Å². The van der Waals surface area contributed by atoms with Crippen LogP contribution in [0.3, 0.4) is 0 Å². The van der Waals surface area contributed by atoms with Gasteiger partial charge in [0.1, 0.15) is 0 Å². The van der Waals surface area contributed by atoms with E-state index in [1.54, 1.807) is 5.57 Å². The third-order valence-corrected chi connectivity index (χ3v) is 7.42. The first-order valence-corrected chi connectivity index (χ1v) is 12.2. The molecule has 4 nitrogen and oxygen atoms in total. The Morgan fingerprint density at radius 3 is 2.69 bits per heavy atom. The third kappa shape index (κ3) is 7.20. The topological polar surface area (TPSA) is 72.7 Å². The fraction of sp³-hybridized carbons (Fsp3) is 0.840. The highest BCUT2D eigenvalue weighted by molar-refractivity contribution is 5.21. The molecule has 0 spiro atoms. The second kappa shape index (κ2) is 12.2. The summed E-state index contributed by atoms with van der Waals surface area (Å²) in [5.41, 5.74) is 1.59. The van der Waals surface area contributed by atoms with Gasteiger partial charge in [-0.15, -0.1) is 0 Å². The highest BCUT2D eigenvalue weighted by Gasteiger charge is 2.43. The van der Waals surface area contributed by atoms with Crippen LogP contribution in [0.4, 0.5) is 0 Å². The van der Waals surface area contributed by atoms with Crippen LogP contribution in [0.15, 0.2) is 23.8 Å². The summed E-state index contributed by atoms with van der Waals surface area (Å²) in [4.78, 5) is 0. The molecule has 0 radical (unpaired) electrons. The van der Waals surface area contributed by atoms with Crippen LogP contribution in [0, 0.1) is 23.7 Å². The van der Waals surface area contributed by atoms with Gasteiger partial charge in [-0.2, -0.15) is 0 Å². The lowest BCUT2D eigenvalue weighted by atomic mass is 9.88. The zero-order valence-electron chi connectivity index (χ0n) is 18.1. The van der Waals surface area contributed by atoms with Gasteiger partial charge >= 0.3 is 0 Å². The van der Waals surface area contributed by atoms with Crippen molar-refractivity contribution in [3.8, 4) is 0 Å². The van der Waals surface area contributed by atoms with Crippen LogP contribution in [0.25, 0.3) is 0 Å². The monoisotopic (exact) mass is 405 g/mol. The Morgan fingerprint density at radius 1 is 1.10 bits per heavy atom. The minimum Gasteiger partial charge on any atom is -0.396 e. The van der Waals surface area contributed by atoms with Gasteiger partial charge < -0.3 is 20.6 Å². The molecule has 2 fully saturated rings. The number of nitrogens with one attached hydrogen (secondary N) is 1. The molecule has 0 saturated heterocycles. The van der Waals surface area contributed by atoms with E-state index >= 15 is 0 Å². The highest BCUT2D eigenvalue weighted by Crippen LogP contribution is 2.48. The summed E-state index contributed by atoms with van der Waals surface area (Å²) < 4.78 is 0. The molecule has 0 unspecified atom stereocenters. The molecule has 29 heavy (non-hydrogen) atoms. The summed E-state index contributed by atoms with van der Waals surface area (Å²) in [6.45, 7) is 2.23. The lowest BCUT2D eigenvalue weighted by Gasteiger charge is -2.19. The minimum absolute atomic E-state index is 0.211. The van der Waals surface area contributed by atoms with Crippen molar-refractivity contribution < 1.29 is 15.3 Å². The number of fused-ring (bicyclic) bond motifs is 1. The number of aliphatic hydroxyl groups excluding tert-OH is 3. The number of unbranched alkanes of at least 4 members (excludes halogenated alkanes) is 2. The summed E-state index contributed by atoms with van der Waals surface area (Å²) in [7, 11) is 0. The van der Waals surface area contributed by atoms with E-state index in [9.17, 15) is 10.2 Å². The first-order chi connectivity index (χ1) is 14.2. The third-order valence-electron chi connectivity index (χ3n) is 7.42. The summed E-state index contributed by atoms with van der Waals surface area (Å²) in [6.07, 6.45) is 19.8. The Hall–Kier alpha value is -0.680. The Balaban J connectivity index is 1.35. The molecule has 0 amide bonds. The van der Waals surface area contributed by atoms with Gasteiger partial charge in [-0.05, 0) is 75.8 Å². The number of hydrogen-bond acceptors (Lipinski definition) is 4. The van der Waals surface area contributed by atoms with E-state index in [1.807, 2.05) is 6.08 Å². The number of hydrogen-bond donors (Lipinski definition) is 4. The van der Waals surface area contributed by atoms with E-state index in [-0.39, 0.29) is 24.7 Å². The van der Waals surface area contributed by atoms with Gasteiger partial charge in [-0.3, -0.25) is 0 Å². The van der Waals surface area contributed by atoms with Crippen LogP contribution < -0.4 is 5.32 Å². The first kappa shape index (κ1) is 23.0. The minimum atomic E-state index is -0.343. The maximum atomic E-state index is 10.5. The van der Waals surface area contributed by atoms with Crippen molar-refractivity contribution in [3.63, 3.8) is 0 Å². The van der Waals surface area contributed by atoms with Gasteiger partial charge in [0.25, 0.3) is 0 Å². The van der Waals surface area contributed by atoms with E-state index in [0.29, 0.717) is 17.8 Å². The van der Waals surface area contributed by atoms with Gasteiger partial charge in [-0.1, -0.05) is 55.9 Å². The quantitative estimate of drug-likeness (QED) is 0.276. The molecule has 3 aliphatic rings. The maximum absolute atomic E-state index is 10.5. The number of allylic oxidation sites excluding steroid dienone is 2. The molecule has 2 saturated carbocycles. The van der Waals surface area contributed by atoms with E-state index < -0.39 is 0 Å². The maximum Gasteiger partial charge on any atom is 0.0723 e. The van der Waals surface area contributed by atoms with E-state index in [1.165, 1.54) is 51.4 Å². The molecule has 0 aromatic rings. The Kier molecular flexibility index (Phi) is 9.71. The van der Waals surface area contributed by atoms with Gasteiger partial charge in [0.15, 0.2) is 0 Å². The van der Waals surface area contributed by atoms with Crippen molar-refractivity contribution in [2.75, 3.05) is 19.7 Å². The Morgan fingerprint density at radius 2 is 1.90 bits per heavy atom. The summed E-state index contributed by atoms with van der Waals surface area (Å²) in [5, 5.41) is 33.1. The molecular weight excluding hydrogens is 362 g/mol. The smallest absolute Gasteiger partial charge is 0.0723 e. The molecule has 4 N–H and O–H groups in total. The Labute approximate surface area is 177 Å². The molecule has 0 aromatic heterocycles. The van der Waals surface area contributed by atoms with Crippen LogP contribution in [0.1, 0.15) is 77.0 Å². The second-order valence-corrected chi connectivity index (χ2v) is 9.71. The molecule has 4 heteroatoms. The number of rotatable bonds is 13. The van der Waals surface area contributed by atoms with Crippen molar-refractivity contribution >= 4 is 0 Å². The molecule has 0 aliphatic heterocycles. The average molecular weight is 406 g/mol. The largest absolute Gasteiger partial charge is 0.396 e. The second-order valence-electron chi connectivity index (χ2n) is 9.71. The lowest BCUT2D eigenvalue weighted by molar-refractivity contribution is 0.139. The summed E-state index contributed by atoms with van der Waals surface area (Å²) in [5.74, 6) is 1.97. The SMILES string of the molecule is OCCCNCCCCCC1=C[C@H]2C[C@@H](O)[C@H](C=C[C@@H](O)CC3CCCC3)[C@H]2C1. The average Bonchev–Trinajstić information content (AvgIpc) is 3.40. The molecule has 3 rings (SSSR count). The normalized spacial score (nSPS) is 30.9. The zero-order chi connectivity index (χ0) is 20.5. The van der Waals surface area contributed by atoms with Crippen LogP contribution in [0.2, 0.25) is 0 Å². The van der Waals surface area contributed by atoms with E-state index in [2.05, 4.69) is 17.5 Å². The summed E-state index contributed by atoms with van der Waals surface area (Å²) in [6, 6.07) is 0. The van der Waals surface area contributed by atoms with Crippen LogP contribution in [-0.2, 0) is 0 Å². The predicted octanol–water partition coefficient (Wildman–Crippen LogP) is 3.96. The fourth-order valence-corrected chi connectivity index (χ4v) is 5.82. The fourth-order valence-electron chi connectivity index (χ4n) is 5.82. The predicted molar refractivity (Wildman–Crippen MR) is 119 cm³/mol. The van der Waals surface area contributed by atoms with Crippen molar-refractivity contribution in [2.45, 2.75) is 89.3 Å². The van der Waals surface area contributed by atoms with Crippen molar-refractivity contribution in [3.05, 3.63) is 23.8 Å². The van der Waals surface area contributed by atoms with Crippen molar-refractivity contribution in [2.24, 2.45) is 23.7 Å². The van der Waals surface area contributed by atoms with Gasteiger partial charge in [0.05, 0.1) is 12.2 Å². The van der Waals surface area contributed by atoms with Crippen molar-refractivity contribution in [1.82, 2.24) is 5.32 Å². The number of aliphatic hydroxyl groups is 3. The first-order valence-electron chi connectivity index (χ1n) is 12.2. The van der Waals surface area contributed by atoms with E-state index in [0.717, 1.165) is 38.8 Å². The van der Waals surface area contributed by atoms with Gasteiger partial charge in [0, 0.05) is 12.5 Å². The van der Waals surface area contributed by atoms with Crippen molar-refractivity contribution in [1.29, 1.82) is 0 Å². The van der Waals surface area contributed by atoms with Crippen LogP contribution in [0.5, 0.6) is 0 Å². The zero-order valence-corrected chi connectivity index (χ0v) is 18.1. The molecule has 166 valence electrons. The highest BCUT2D eigenvalue weighted by atomic mass is 16.3. The standard InChI is InChI=1S/C25H43NO3/c27-14-6-13-26-12-5-1-2-9-20-15-21-18-25(29)23(24(21)17-20)11-10-22(28)16-19-7-3-4-8-19/h10-11,15,19,21-29H,1-9,12-14,16-18H2/t21-,22+,23+,24-,25+/m0/s1. The van der Waals surface area contributed by atoms with Gasteiger partial charge in [-0.25, -0.2) is 0 Å². The molecule has 0 aromatic carbocycles. The molecular formula is C25H43NO3. The van der Waals surface area contributed by atoms with E-state index in [4.69, 9.17) is 5.11 Å². The molecule has 0 heterocycles. The molecule has 3 aliphatic carbocycles. The Bertz CT molecular complexity index is 526. The van der Waals surface area contributed by atoms with Gasteiger partial charge in [0.2, 0.25) is 0 Å². The lowest BCUT2D eigenvalue weighted by Crippen LogP contribution is -2.18. The molecule has 5 atom stereocenters. The van der Waals surface area contributed by atoms with Crippen LogP contribution >= 0.6 is 0 Å². The molecule has 0 bridgehead atoms. The summed E-state index contributed by atoms with van der Waals surface area (Å²) >= 11 is 0.